The van der Waals surface area contributed by atoms with Crippen molar-refractivity contribution in [3.05, 3.63) is 157 Å². The summed E-state index contributed by atoms with van der Waals surface area (Å²) in [7, 11) is 0. The highest BCUT2D eigenvalue weighted by Gasteiger charge is 2.16. The molecule has 0 heterocycles. The minimum Gasteiger partial charge on any atom is -0.494 e. The van der Waals surface area contributed by atoms with Gasteiger partial charge in [-0.3, -0.25) is 9.59 Å². The summed E-state index contributed by atoms with van der Waals surface area (Å²) in [6.07, 6.45) is 17.2. The molecule has 0 aliphatic carbocycles. The van der Waals surface area contributed by atoms with Crippen LogP contribution in [0.4, 0.5) is 0 Å². The fourth-order valence-electron chi connectivity index (χ4n) is 6.70. The Kier molecular flexibility index (Phi) is 24.6. The van der Waals surface area contributed by atoms with Gasteiger partial charge in [0.2, 0.25) is 0 Å². The van der Waals surface area contributed by atoms with Gasteiger partial charge in [0.25, 0.3) is 6.47 Å². The minimum absolute atomic E-state index is 0.117. The van der Waals surface area contributed by atoms with Gasteiger partial charge < -0.3 is 37.9 Å². The second-order valence-corrected chi connectivity index (χ2v) is 16.0. The number of benzene rings is 4. The van der Waals surface area contributed by atoms with Crippen LogP contribution in [0.3, 0.4) is 0 Å². The van der Waals surface area contributed by atoms with Gasteiger partial charge in [-0.1, -0.05) is 62.6 Å². The molecule has 12 heteroatoms. The van der Waals surface area contributed by atoms with Crippen LogP contribution in [0.1, 0.15) is 87.6 Å². The van der Waals surface area contributed by atoms with E-state index in [1.165, 1.54) is 6.08 Å². The summed E-state index contributed by atoms with van der Waals surface area (Å²) in [6, 6.07) is 23.2. The highest BCUT2D eigenvalue weighted by Crippen LogP contribution is 2.25. The van der Waals surface area contributed by atoms with Gasteiger partial charge in [0.15, 0.2) is 0 Å². The molecule has 0 fully saturated rings. The van der Waals surface area contributed by atoms with Crippen molar-refractivity contribution >= 4 is 45.9 Å². The first-order valence-corrected chi connectivity index (χ1v) is 23.2. The zero-order chi connectivity index (χ0) is 48.8. The molecule has 68 heavy (non-hydrogen) atoms. The lowest BCUT2D eigenvalue weighted by molar-refractivity contribution is -0.149. The maximum Gasteiger partial charge on any atom is 0.343 e. The largest absolute Gasteiger partial charge is 0.494 e. The third-order valence-electron chi connectivity index (χ3n) is 10.4. The average Bonchev–Trinajstić information content (AvgIpc) is 3.34. The second kappa shape index (κ2) is 31.1. The van der Waals surface area contributed by atoms with Crippen molar-refractivity contribution in [1.82, 2.24) is 0 Å². The van der Waals surface area contributed by atoms with E-state index in [1.807, 2.05) is 61.5 Å². The minimum atomic E-state index is -0.565. The number of unbranched alkanes of at least 4 members (excludes halogenated alkanes) is 6. The topological polar surface area (TPSA) is 142 Å². The molecule has 0 saturated carbocycles. The molecule has 0 spiro atoms. The standard InChI is InChI=1S/C56H66O12/c1-6-28-61-33-34-66-55(59)43(4)17-25-51(68-56(60)50-21-20-49-39-53(27-23-47(49)37-50)64-30-13-9-8-12-29-62-41-57)24-16-42(3)35-44(5)67-40-45-18-19-48-38-52(26-22-46(48)36-45)63-31-14-10-11-15-32-65-54(58)7-2/h6-7,16,18-27,35-39,41,43H,1-3,8-15,17,28-34,40H2,4-5H3/b24-16-,44-35+,51-25+. The molecule has 4 aromatic rings. The van der Waals surface area contributed by atoms with Crippen LogP contribution in [0.5, 0.6) is 11.5 Å². The van der Waals surface area contributed by atoms with E-state index in [1.54, 1.807) is 49.4 Å². The van der Waals surface area contributed by atoms with E-state index in [9.17, 15) is 19.2 Å². The van der Waals surface area contributed by atoms with Crippen LogP contribution < -0.4 is 9.47 Å². The lowest BCUT2D eigenvalue weighted by atomic mass is 10.1. The van der Waals surface area contributed by atoms with Crippen LogP contribution in [0, 0.1) is 5.92 Å². The van der Waals surface area contributed by atoms with E-state index in [2.05, 4.69) is 25.8 Å². The van der Waals surface area contributed by atoms with Crippen molar-refractivity contribution < 1.29 is 57.1 Å². The molecular weight excluding hydrogens is 865 g/mol. The van der Waals surface area contributed by atoms with Crippen molar-refractivity contribution in [2.24, 2.45) is 5.92 Å². The van der Waals surface area contributed by atoms with E-state index < -0.39 is 17.9 Å². The van der Waals surface area contributed by atoms with Crippen LogP contribution in [-0.2, 0) is 49.4 Å². The zero-order valence-corrected chi connectivity index (χ0v) is 39.6. The van der Waals surface area contributed by atoms with Gasteiger partial charge in [-0.25, -0.2) is 9.59 Å². The highest BCUT2D eigenvalue weighted by molar-refractivity contribution is 5.96. The molecular formula is C56H66O12. The molecule has 4 rings (SSSR count). The molecule has 0 N–H and O–H groups in total. The summed E-state index contributed by atoms with van der Waals surface area (Å²) in [5, 5.41) is 3.88. The maximum absolute atomic E-state index is 13.6. The molecule has 0 aliphatic heterocycles. The fraction of sp³-hybridized carbons (Fsp3) is 0.357. The molecule has 0 aromatic heterocycles. The first kappa shape index (κ1) is 53.7. The van der Waals surface area contributed by atoms with Crippen molar-refractivity contribution in [1.29, 1.82) is 0 Å². The lowest BCUT2D eigenvalue weighted by Gasteiger charge is -2.11. The van der Waals surface area contributed by atoms with Gasteiger partial charge >= 0.3 is 17.9 Å². The van der Waals surface area contributed by atoms with Crippen LogP contribution in [0.25, 0.3) is 21.5 Å². The van der Waals surface area contributed by atoms with Crippen molar-refractivity contribution in [3.63, 3.8) is 0 Å². The Bertz CT molecular complexity index is 2370. The number of esters is 3. The molecule has 1 atom stereocenters. The third kappa shape index (κ3) is 20.7. The van der Waals surface area contributed by atoms with E-state index in [0.29, 0.717) is 63.0 Å². The molecule has 0 bridgehead atoms. The Morgan fingerprint density at radius 2 is 1.28 bits per heavy atom. The molecule has 1 unspecified atom stereocenters. The predicted molar refractivity (Wildman–Crippen MR) is 265 cm³/mol. The molecule has 0 radical (unpaired) electrons. The Labute approximate surface area is 400 Å². The molecule has 12 nitrogen and oxygen atoms in total. The Hall–Kier alpha value is -6.92. The number of allylic oxidation sites excluding steroid dienone is 6. The number of fused-ring (bicyclic) bond motifs is 2. The summed E-state index contributed by atoms with van der Waals surface area (Å²) in [5.74, 6) is 0.552. The van der Waals surface area contributed by atoms with E-state index >= 15 is 0 Å². The van der Waals surface area contributed by atoms with Gasteiger partial charge in [-0.05, 0) is 158 Å². The van der Waals surface area contributed by atoms with Gasteiger partial charge in [0.05, 0.1) is 56.9 Å². The second-order valence-electron chi connectivity index (χ2n) is 16.0. The summed E-state index contributed by atoms with van der Waals surface area (Å²) >= 11 is 0. The number of hydrogen-bond acceptors (Lipinski definition) is 12. The molecule has 0 amide bonds. The lowest BCUT2D eigenvalue weighted by Crippen LogP contribution is -2.17. The number of ether oxygens (including phenoxy) is 8. The number of hydrogen-bond donors (Lipinski definition) is 0. The Balaban J connectivity index is 1.33. The molecule has 0 aliphatic rings. The SMILES string of the molecule is C=CCOCCOC(=O)C(C)C/C=C(\C=C/C(=C)/C=C(\C)OCc1ccc2cc(OCCCCCCOC(=O)C=C)ccc2c1)OC(=O)c1ccc2cc(OCCCCCCOC=O)ccc2c1. The predicted octanol–water partition coefficient (Wildman–Crippen LogP) is 11.8. The molecule has 4 aromatic carbocycles. The van der Waals surface area contributed by atoms with Gasteiger partial charge in [0.1, 0.15) is 30.5 Å². The third-order valence-corrected chi connectivity index (χ3v) is 10.4. The van der Waals surface area contributed by atoms with E-state index in [0.717, 1.165) is 90.0 Å². The van der Waals surface area contributed by atoms with E-state index in [4.69, 9.17) is 37.9 Å². The summed E-state index contributed by atoms with van der Waals surface area (Å²) in [4.78, 5) is 47.7. The molecule has 0 saturated heterocycles. The van der Waals surface area contributed by atoms with Gasteiger partial charge in [0, 0.05) is 6.08 Å². The summed E-state index contributed by atoms with van der Waals surface area (Å²) < 4.78 is 44.3. The first-order chi connectivity index (χ1) is 33.1. The summed E-state index contributed by atoms with van der Waals surface area (Å²) in [5.41, 5.74) is 1.95. The fourth-order valence-corrected chi connectivity index (χ4v) is 6.70. The monoisotopic (exact) mass is 930 g/mol. The Morgan fingerprint density at radius 3 is 1.94 bits per heavy atom. The number of carbonyl (C=O) groups excluding carboxylic acids is 4. The Morgan fingerprint density at radius 1 is 0.662 bits per heavy atom. The maximum atomic E-state index is 13.6. The van der Waals surface area contributed by atoms with Gasteiger partial charge in [-0.2, -0.15) is 0 Å². The van der Waals surface area contributed by atoms with Crippen molar-refractivity contribution in [2.45, 2.75) is 78.2 Å². The first-order valence-electron chi connectivity index (χ1n) is 23.2. The van der Waals surface area contributed by atoms with Gasteiger partial charge in [-0.15, -0.1) is 6.58 Å². The normalized spacial score (nSPS) is 12.0. The zero-order valence-electron chi connectivity index (χ0n) is 39.6. The molecule has 362 valence electrons. The number of rotatable bonds is 34. The smallest absolute Gasteiger partial charge is 0.343 e. The van der Waals surface area contributed by atoms with Crippen molar-refractivity contribution in [3.8, 4) is 11.5 Å². The van der Waals surface area contributed by atoms with Crippen LogP contribution in [0.2, 0.25) is 0 Å². The van der Waals surface area contributed by atoms with Crippen molar-refractivity contribution in [2.75, 3.05) is 46.2 Å². The van der Waals surface area contributed by atoms with Crippen LogP contribution in [-0.4, -0.2) is 70.6 Å². The van der Waals surface area contributed by atoms with E-state index in [-0.39, 0.29) is 31.4 Å². The van der Waals surface area contributed by atoms with Crippen LogP contribution >= 0.6 is 0 Å². The quantitative estimate of drug-likeness (QED) is 0.00643. The average molecular weight is 931 g/mol. The summed E-state index contributed by atoms with van der Waals surface area (Å²) in [6.45, 7) is 18.3. The highest BCUT2D eigenvalue weighted by atomic mass is 16.6. The van der Waals surface area contributed by atoms with Crippen LogP contribution in [0.15, 0.2) is 146 Å². The number of carbonyl (C=O) groups is 4.